The summed E-state index contributed by atoms with van der Waals surface area (Å²) >= 11 is 1.55. The molecule has 6 nitrogen and oxygen atoms in total. The number of tetrazole rings is 1. The number of thioether (sulfide) groups is 1. The molecular weight excluding hydrogens is 286 g/mol. The van der Waals surface area contributed by atoms with Gasteiger partial charge in [0.15, 0.2) is 0 Å². The van der Waals surface area contributed by atoms with Crippen molar-refractivity contribution in [2.24, 2.45) is 0 Å². The predicted octanol–water partition coefficient (Wildman–Crippen LogP) is 2.27. The molecule has 0 atom stereocenters. The average molecular weight is 301 g/mol. The zero-order chi connectivity index (χ0) is 14.5. The Morgan fingerprint density at radius 2 is 1.95 bits per heavy atom. The smallest absolute Gasteiger partial charge is 0.214 e. The molecule has 7 heteroatoms. The van der Waals surface area contributed by atoms with Crippen LogP contribution in [0.4, 0.5) is 0 Å². The largest absolute Gasteiger partial charge is 0.464 e. The molecule has 0 unspecified atom stereocenters. The summed E-state index contributed by atoms with van der Waals surface area (Å²) in [6, 6.07) is 13.8. The van der Waals surface area contributed by atoms with E-state index in [4.69, 9.17) is 4.42 Å². The average Bonchev–Trinajstić information content (AvgIpc) is 3.15. The summed E-state index contributed by atoms with van der Waals surface area (Å²) in [4.78, 5) is 0. The summed E-state index contributed by atoms with van der Waals surface area (Å²) in [5.41, 5.74) is 0.945. The van der Waals surface area contributed by atoms with Gasteiger partial charge in [-0.1, -0.05) is 30.0 Å². The van der Waals surface area contributed by atoms with E-state index in [2.05, 4.69) is 20.8 Å². The van der Waals surface area contributed by atoms with Crippen molar-refractivity contribution in [3.05, 3.63) is 54.0 Å². The van der Waals surface area contributed by atoms with Crippen LogP contribution in [0.15, 0.2) is 52.0 Å². The fraction of sp³-hybridized carbons (Fsp3) is 0.214. The second-order valence-electron chi connectivity index (χ2n) is 4.40. The molecule has 2 heterocycles. The number of nitrogens with one attached hydrogen (secondary N) is 1. The van der Waals surface area contributed by atoms with E-state index < -0.39 is 0 Å². The normalized spacial score (nSPS) is 10.9. The van der Waals surface area contributed by atoms with E-state index in [1.165, 1.54) is 0 Å². The Balaban J connectivity index is 1.70. The molecule has 0 amide bonds. The van der Waals surface area contributed by atoms with E-state index in [1.807, 2.05) is 49.5 Å². The van der Waals surface area contributed by atoms with Crippen LogP contribution in [0.5, 0.6) is 0 Å². The lowest BCUT2D eigenvalue weighted by molar-refractivity contribution is 0.468. The molecular formula is C14H15N5OS. The van der Waals surface area contributed by atoms with Gasteiger partial charge in [-0.05, 0) is 41.7 Å². The highest BCUT2D eigenvalue weighted by molar-refractivity contribution is 7.98. The third-order valence-electron chi connectivity index (χ3n) is 2.85. The van der Waals surface area contributed by atoms with Gasteiger partial charge in [0.2, 0.25) is 5.16 Å². The maximum Gasteiger partial charge on any atom is 0.214 e. The van der Waals surface area contributed by atoms with Crippen molar-refractivity contribution in [2.45, 2.75) is 17.5 Å². The molecule has 3 rings (SSSR count). The number of aromatic nitrogens is 4. The van der Waals surface area contributed by atoms with E-state index in [0.29, 0.717) is 5.75 Å². The van der Waals surface area contributed by atoms with Crippen LogP contribution in [0.25, 0.3) is 5.69 Å². The van der Waals surface area contributed by atoms with Crippen molar-refractivity contribution in [2.75, 3.05) is 7.05 Å². The molecule has 0 aliphatic carbocycles. The van der Waals surface area contributed by atoms with Crippen LogP contribution in [0.3, 0.4) is 0 Å². The van der Waals surface area contributed by atoms with Crippen LogP contribution < -0.4 is 5.32 Å². The van der Waals surface area contributed by atoms with Crippen molar-refractivity contribution in [3.8, 4) is 5.69 Å². The molecule has 3 aromatic rings. The Kier molecular flexibility index (Phi) is 4.32. The number of hydrogen-bond donors (Lipinski definition) is 1. The summed E-state index contributed by atoms with van der Waals surface area (Å²) in [5, 5.41) is 15.6. The van der Waals surface area contributed by atoms with Crippen molar-refractivity contribution < 1.29 is 4.42 Å². The van der Waals surface area contributed by atoms with Crippen molar-refractivity contribution >= 4 is 11.8 Å². The number of nitrogens with zero attached hydrogens (tertiary/aromatic N) is 4. The quantitative estimate of drug-likeness (QED) is 0.704. The zero-order valence-electron chi connectivity index (χ0n) is 11.6. The van der Waals surface area contributed by atoms with E-state index in [9.17, 15) is 0 Å². The highest BCUT2D eigenvalue weighted by Crippen LogP contribution is 2.23. The summed E-state index contributed by atoms with van der Waals surface area (Å²) in [7, 11) is 1.89. The van der Waals surface area contributed by atoms with E-state index in [1.54, 1.807) is 16.4 Å². The Hall–Kier alpha value is -2.12. The van der Waals surface area contributed by atoms with Crippen molar-refractivity contribution in [3.63, 3.8) is 0 Å². The first-order chi connectivity index (χ1) is 10.4. The van der Waals surface area contributed by atoms with E-state index in [-0.39, 0.29) is 0 Å². The van der Waals surface area contributed by atoms with Gasteiger partial charge >= 0.3 is 0 Å². The number of rotatable bonds is 6. The molecule has 1 aromatic carbocycles. The Labute approximate surface area is 126 Å². The van der Waals surface area contributed by atoms with Gasteiger partial charge in [-0.2, -0.15) is 4.68 Å². The molecule has 0 spiro atoms. The zero-order valence-corrected chi connectivity index (χ0v) is 12.4. The lowest BCUT2D eigenvalue weighted by atomic mass is 10.3. The van der Waals surface area contributed by atoms with Crippen LogP contribution >= 0.6 is 11.8 Å². The first-order valence-corrected chi connectivity index (χ1v) is 7.54. The van der Waals surface area contributed by atoms with Crippen LogP contribution in [-0.2, 0) is 12.3 Å². The highest BCUT2D eigenvalue weighted by Gasteiger charge is 2.10. The lowest BCUT2D eigenvalue weighted by Crippen LogP contribution is -2.03. The summed E-state index contributed by atoms with van der Waals surface area (Å²) in [6.07, 6.45) is 0. The first kappa shape index (κ1) is 13.8. The lowest BCUT2D eigenvalue weighted by Gasteiger charge is -2.02. The van der Waals surface area contributed by atoms with Gasteiger partial charge in [-0.15, -0.1) is 5.10 Å². The summed E-state index contributed by atoms with van der Waals surface area (Å²) in [5.74, 6) is 2.53. The molecule has 0 saturated heterocycles. The summed E-state index contributed by atoms with van der Waals surface area (Å²) < 4.78 is 7.43. The van der Waals surface area contributed by atoms with Gasteiger partial charge in [0.1, 0.15) is 11.5 Å². The molecule has 2 aromatic heterocycles. The number of furan rings is 1. The minimum Gasteiger partial charge on any atom is -0.464 e. The molecule has 0 aliphatic rings. The van der Waals surface area contributed by atoms with Gasteiger partial charge in [0.25, 0.3) is 0 Å². The topological polar surface area (TPSA) is 68.8 Å². The SMILES string of the molecule is CNCc1ccc(CSc2nnnn2-c2ccccc2)o1. The number of hydrogen-bond acceptors (Lipinski definition) is 6. The minimum atomic E-state index is 0.691. The Morgan fingerprint density at radius 1 is 1.14 bits per heavy atom. The molecule has 1 N–H and O–H groups in total. The van der Waals surface area contributed by atoms with E-state index in [0.717, 1.165) is 28.9 Å². The minimum absolute atomic E-state index is 0.691. The van der Waals surface area contributed by atoms with Gasteiger partial charge < -0.3 is 9.73 Å². The number of para-hydroxylation sites is 1. The van der Waals surface area contributed by atoms with Crippen LogP contribution in [0, 0.1) is 0 Å². The molecule has 0 fully saturated rings. The van der Waals surface area contributed by atoms with Crippen LogP contribution in [0.2, 0.25) is 0 Å². The second kappa shape index (κ2) is 6.55. The monoisotopic (exact) mass is 301 g/mol. The maximum absolute atomic E-state index is 5.71. The van der Waals surface area contributed by atoms with Gasteiger partial charge in [0, 0.05) is 0 Å². The van der Waals surface area contributed by atoms with Crippen LogP contribution in [-0.4, -0.2) is 27.3 Å². The van der Waals surface area contributed by atoms with Crippen molar-refractivity contribution in [1.82, 2.24) is 25.5 Å². The second-order valence-corrected chi connectivity index (χ2v) is 5.34. The molecule has 0 aliphatic heterocycles. The molecule has 21 heavy (non-hydrogen) atoms. The van der Waals surface area contributed by atoms with Crippen LogP contribution in [0.1, 0.15) is 11.5 Å². The number of benzene rings is 1. The Bertz CT molecular complexity index is 694. The van der Waals surface area contributed by atoms with Gasteiger partial charge in [0.05, 0.1) is 18.0 Å². The first-order valence-electron chi connectivity index (χ1n) is 6.55. The van der Waals surface area contributed by atoms with E-state index >= 15 is 0 Å². The maximum atomic E-state index is 5.71. The third-order valence-corrected chi connectivity index (χ3v) is 3.80. The highest BCUT2D eigenvalue weighted by atomic mass is 32.2. The van der Waals surface area contributed by atoms with Gasteiger partial charge in [-0.25, -0.2) is 0 Å². The molecule has 0 saturated carbocycles. The molecule has 0 radical (unpaired) electrons. The molecule has 0 bridgehead atoms. The molecule has 108 valence electrons. The van der Waals surface area contributed by atoms with Crippen molar-refractivity contribution in [1.29, 1.82) is 0 Å². The fourth-order valence-corrected chi connectivity index (χ4v) is 2.69. The third kappa shape index (κ3) is 3.32. The standard InChI is InChI=1S/C14H15N5OS/c1-15-9-12-7-8-13(20-12)10-21-14-16-17-18-19(14)11-5-3-2-4-6-11/h2-8,15H,9-10H2,1H3. The van der Waals surface area contributed by atoms with Gasteiger partial charge in [-0.3, -0.25) is 0 Å². The summed E-state index contributed by atoms with van der Waals surface area (Å²) in [6.45, 7) is 0.729. The fourth-order valence-electron chi connectivity index (χ4n) is 1.90. The Morgan fingerprint density at radius 3 is 2.76 bits per heavy atom. The predicted molar refractivity (Wildman–Crippen MR) is 80.2 cm³/mol.